The lowest BCUT2D eigenvalue weighted by atomic mass is 9.82. The Labute approximate surface area is 194 Å². The molecule has 2 heteroatoms. The van der Waals surface area contributed by atoms with Crippen molar-refractivity contribution >= 4 is 6.08 Å². The van der Waals surface area contributed by atoms with E-state index in [4.69, 9.17) is 0 Å². The fourth-order valence-electron chi connectivity index (χ4n) is 4.72. The highest BCUT2D eigenvalue weighted by molar-refractivity contribution is 5.66. The Morgan fingerprint density at radius 3 is 1.88 bits per heavy atom. The lowest BCUT2D eigenvalue weighted by Gasteiger charge is -2.28. The first-order valence-electron chi connectivity index (χ1n) is 12.8. The van der Waals surface area contributed by atoms with Gasteiger partial charge in [0.25, 0.3) is 0 Å². The Morgan fingerprint density at radius 2 is 1.28 bits per heavy atom. The highest BCUT2D eigenvalue weighted by Crippen LogP contribution is 2.41. The molecule has 0 aromatic heterocycles. The number of alkyl halides is 2. The summed E-state index contributed by atoms with van der Waals surface area (Å²) in [7, 11) is 0. The van der Waals surface area contributed by atoms with Gasteiger partial charge < -0.3 is 0 Å². The molecule has 3 rings (SSSR count). The molecule has 0 amide bonds. The molecule has 1 aliphatic rings. The van der Waals surface area contributed by atoms with Crippen molar-refractivity contribution in [1.82, 2.24) is 0 Å². The first-order chi connectivity index (χ1) is 15.6. The molecule has 0 bridgehead atoms. The van der Waals surface area contributed by atoms with Crippen LogP contribution >= 0.6 is 0 Å². The first kappa shape index (κ1) is 24.7. The molecule has 0 spiro atoms. The Balaban J connectivity index is 1.40. The van der Waals surface area contributed by atoms with Gasteiger partial charge in [-0.2, -0.15) is 0 Å². The van der Waals surface area contributed by atoms with E-state index in [-0.39, 0.29) is 18.8 Å². The normalized spacial score (nSPS) is 16.6. The Morgan fingerprint density at radius 1 is 0.750 bits per heavy atom. The summed E-state index contributed by atoms with van der Waals surface area (Å²) in [6.07, 6.45) is 17.8. The van der Waals surface area contributed by atoms with Gasteiger partial charge in [0.15, 0.2) is 0 Å². The third-order valence-corrected chi connectivity index (χ3v) is 6.88. The van der Waals surface area contributed by atoms with Crippen LogP contribution in [0.1, 0.15) is 107 Å². The van der Waals surface area contributed by atoms with Gasteiger partial charge in [0.05, 0.1) is 0 Å². The van der Waals surface area contributed by atoms with Gasteiger partial charge in [0.1, 0.15) is 0 Å². The highest BCUT2D eigenvalue weighted by atomic mass is 19.3. The SMILES string of the molecule is CCCCCCCCCCC=Cc1ccc(-c2ccc(C3CCC(F)(F)CC3)cc2)cc1. The molecular weight excluding hydrogens is 398 g/mol. The molecule has 0 aliphatic heterocycles. The average Bonchev–Trinajstić information content (AvgIpc) is 2.81. The van der Waals surface area contributed by atoms with Crippen LogP contribution in [0, 0.1) is 0 Å². The van der Waals surface area contributed by atoms with Gasteiger partial charge in [-0.25, -0.2) is 8.78 Å². The number of hydrogen-bond acceptors (Lipinski definition) is 0. The summed E-state index contributed by atoms with van der Waals surface area (Å²) in [5, 5.41) is 0. The maximum Gasteiger partial charge on any atom is 0.248 e. The van der Waals surface area contributed by atoms with E-state index in [2.05, 4.69) is 67.6 Å². The van der Waals surface area contributed by atoms with Crippen LogP contribution in [0.25, 0.3) is 17.2 Å². The summed E-state index contributed by atoms with van der Waals surface area (Å²) < 4.78 is 26.8. The van der Waals surface area contributed by atoms with Crippen LogP contribution in [0.5, 0.6) is 0 Å². The van der Waals surface area contributed by atoms with Crippen LogP contribution in [0.2, 0.25) is 0 Å². The quantitative estimate of drug-likeness (QED) is 0.289. The van der Waals surface area contributed by atoms with Crippen molar-refractivity contribution in [3.8, 4) is 11.1 Å². The van der Waals surface area contributed by atoms with Gasteiger partial charge in [-0.15, -0.1) is 0 Å². The lowest BCUT2D eigenvalue weighted by Crippen LogP contribution is -2.23. The van der Waals surface area contributed by atoms with Gasteiger partial charge in [-0.3, -0.25) is 0 Å². The molecule has 2 aromatic rings. The van der Waals surface area contributed by atoms with Crippen LogP contribution in [0.15, 0.2) is 54.6 Å². The third kappa shape index (κ3) is 8.19. The van der Waals surface area contributed by atoms with Crippen molar-refractivity contribution in [2.75, 3.05) is 0 Å². The van der Waals surface area contributed by atoms with Crippen molar-refractivity contribution in [2.45, 2.75) is 102 Å². The van der Waals surface area contributed by atoms with E-state index < -0.39 is 5.92 Å². The number of unbranched alkanes of at least 4 members (excludes halogenated alkanes) is 8. The largest absolute Gasteiger partial charge is 0.248 e. The lowest BCUT2D eigenvalue weighted by molar-refractivity contribution is -0.0382. The summed E-state index contributed by atoms with van der Waals surface area (Å²) in [4.78, 5) is 0. The molecule has 0 atom stereocenters. The highest BCUT2D eigenvalue weighted by Gasteiger charge is 2.35. The maximum absolute atomic E-state index is 13.4. The molecule has 32 heavy (non-hydrogen) atoms. The summed E-state index contributed by atoms with van der Waals surface area (Å²) in [6.45, 7) is 2.27. The molecule has 1 fully saturated rings. The van der Waals surface area contributed by atoms with E-state index in [1.807, 2.05) is 0 Å². The number of allylic oxidation sites excluding steroid dienone is 1. The van der Waals surface area contributed by atoms with Crippen molar-refractivity contribution in [1.29, 1.82) is 0 Å². The van der Waals surface area contributed by atoms with Gasteiger partial charge in [0.2, 0.25) is 5.92 Å². The van der Waals surface area contributed by atoms with E-state index in [0.717, 1.165) is 6.42 Å². The standard InChI is InChI=1S/C30H40F2/c1-2-3-4-5-6-7-8-9-10-11-12-25-13-15-26(16-14-25)27-17-19-28(20-18-27)29-21-23-30(31,32)24-22-29/h11-20,29H,2-10,21-24H2,1H3. The molecule has 0 heterocycles. The second-order valence-electron chi connectivity index (χ2n) is 9.54. The second-order valence-corrected chi connectivity index (χ2v) is 9.54. The van der Waals surface area contributed by atoms with E-state index in [1.165, 1.54) is 73.6 Å². The number of benzene rings is 2. The zero-order chi connectivity index (χ0) is 22.7. The van der Waals surface area contributed by atoms with E-state index in [9.17, 15) is 8.78 Å². The zero-order valence-corrected chi connectivity index (χ0v) is 19.8. The Hall–Kier alpha value is -1.96. The molecule has 2 aromatic carbocycles. The predicted octanol–water partition coefficient (Wildman–Crippen LogP) is 10.2. The summed E-state index contributed by atoms with van der Waals surface area (Å²) >= 11 is 0. The monoisotopic (exact) mass is 438 g/mol. The summed E-state index contributed by atoms with van der Waals surface area (Å²) in [5.41, 5.74) is 4.83. The van der Waals surface area contributed by atoms with Gasteiger partial charge in [-0.1, -0.05) is 113 Å². The van der Waals surface area contributed by atoms with Crippen molar-refractivity contribution in [2.24, 2.45) is 0 Å². The van der Waals surface area contributed by atoms with Crippen LogP contribution in [0.3, 0.4) is 0 Å². The smallest absolute Gasteiger partial charge is 0.207 e. The van der Waals surface area contributed by atoms with Gasteiger partial charge in [-0.05, 0) is 53.9 Å². The molecule has 0 radical (unpaired) electrons. The fourth-order valence-corrected chi connectivity index (χ4v) is 4.72. The third-order valence-electron chi connectivity index (χ3n) is 6.88. The minimum Gasteiger partial charge on any atom is -0.207 e. The summed E-state index contributed by atoms with van der Waals surface area (Å²) in [5.74, 6) is -2.18. The minimum absolute atomic E-state index is 0.0213. The molecule has 0 N–H and O–H groups in total. The first-order valence-corrected chi connectivity index (χ1v) is 12.8. The van der Waals surface area contributed by atoms with Crippen LogP contribution in [-0.4, -0.2) is 5.92 Å². The van der Waals surface area contributed by atoms with Crippen LogP contribution in [0.4, 0.5) is 8.78 Å². The van der Waals surface area contributed by atoms with Crippen LogP contribution < -0.4 is 0 Å². The molecule has 0 saturated heterocycles. The fraction of sp³-hybridized carbons (Fsp3) is 0.533. The molecule has 0 nitrogen and oxygen atoms in total. The topological polar surface area (TPSA) is 0 Å². The molecule has 0 unspecified atom stereocenters. The summed E-state index contributed by atoms with van der Waals surface area (Å²) in [6, 6.07) is 17.2. The average molecular weight is 439 g/mol. The second kappa shape index (κ2) is 12.9. The van der Waals surface area contributed by atoms with Crippen molar-refractivity contribution in [3.05, 3.63) is 65.7 Å². The predicted molar refractivity (Wildman–Crippen MR) is 134 cm³/mol. The Kier molecular flexibility index (Phi) is 9.96. The number of halogens is 2. The molecule has 1 aliphatic carbocycles. The van der Waals surface area contributed by atoms with Gasteiger partial charge in [0, 0.05) is 12.8 Å². The molecular formula is C30H40F2. The number of hydrogen-bond donors (Lipinski definition) is 0. The maximum atomic E-state index is 13.4. The van der Waals surface area contributed by atoms with E-state index in [0.29, 0.717) is 12.8 Å². The Bertz CT molecular complexity index is 792. The number of rotatable bonds is 12. The molecule has 1 saturated carbocycles. The minimum atomic E-state index is -2.46. The van der Waals surface area contributed by atoms with Gasteiger partial charge >= 0.3 is 0 Å². The zero-order valence-electron chi connectivity index (χ0n) is 19.8. The molecule has 174 valence electrons. The van der Waals surface area contributed by atoms with E-state index in [1.54, 1.807) is 0 Å². The van der Waals surface area contributed by atoms with E-state index >= 15 is 0 Å². The van der Waals surface area contributed by atoms with Crippen LogP contribution in [-0.2, 0) is 0 Å². The van der Waals surface area contributed by atoms with Crippen molar-refractivity contribution < 1.29 is 8.78 Å². The van der Waals surface area contributed by atoms with Crippen molar-refractivity contribution in [3.63, 3.8) is 0 Å².